The third kappa shape index (κ3) is 2.53. The van der Waals surface area contributed by atoms with Crippen LogP contribution in [0.2, 0.25) is 0 Å². The molecule has 0 saturated heterocycles. The van der Waals surface area contributed by atoms with Gasteiger partial charge in [0.15, 0.2) is 5.69 Å². The molecule has 0 aromatic carbocycles. The Labute approximate surface area is 116 Å². The molecule has 7 heteroatoms. The van der Waals surface area contributed by atoms with Crippen LogP contribution in [0.15, 0.2) is 0 Å². The maximum Gasteiger partial charge on any atom is 0.272 e. The van der Waals surface area contributed by atoms with Crippen LogP contribution in [0.3, 0.4) is 0 Å². The van der Waals surface area contributed by atoms with Crippen molar-refractivity contribution in [2.45, 2.75) is 31.8 Å². The van der Waals surface area contributed by atoms with E-state index >= 15 is 0 Å². The highest BCUT2D eigenvalue weighted by atomic mass is 16.5. The highest BCUT2D eigenvalue weighted by Crippen LogP contribution is 2.23. The Bertz CT molecular complexity index is 536. The molecule has 1 aliphatic carbocycles. The van der Waals surface area contributed by atoms with Crippen LogP contribution < -0.4 is 5.32 Å². The van der Waals surface area contributed by atoms with Gasteiger partial charge in [-0.3, -0.25) is 14.7 Å². The number of nitrogens with one attached hydrogen (secondary N) is 2. The van der Waals surface area contributed by atoms with Crippen LogP contribution >= 0.6 is 0 Å². The van der Waals surface area contributed by atoms with Gasteiger partial charge in [0, 0.05) is 43.9 Å². The summed E-state index contributed by atoms with van der Waals surface area (Å²) in [6.45, 7) is 1.11. The van der Waals surface area contributed by atoms with Gasteiger partial charge in [0.25, 0.3) is 5.91 Å². The molecular weight excluding hydrogens is 260 g/mol. The lowest BCUT2D eigenvalue weighted by Gasteiger charge is -2.26. The van der Waals surface area contributed by atoms with E-state index in [0.717, 1.165) is 24.1 Å². The number of fused-ring (bicyclic) bond motifs is 1. The summed E-state index contributed by atoms with van der Waals surface area (Å²) in [7, 11) is 1.50. The van der Waals surface area contributed by atoms with Gasteiger partial charge in [-0.2, -0.15) is 5.10 Å². The molecule has 0 bridgehead atoms. The summed E-state index contributed by atoms with van der Waals surface area (Å²) in [5.41, 5.74) is 2.20. The first-order chi connectivity index (χ1) is 9.69. The van der Waals surface area contributed by atoms with E-state index in [2.05, 4.69) is 15.5 Å². The first-order valence-corrected chi connectivity index (χ1v) is 6.82. The molecule has 1 aromatic rings. The maximum atomic E-state index is 12.1. The molecule has 1 aliphatic heterocycles. The molecule has 0 atom stereocenters. The van der Waals surface area contributed by atoms with E-state index in [4.69, 9.17) is 4.74 Å². The van der Waals surface area contributed by atoms with Crippen LogP contribution in [0.25, 0.3) is 0 Å². The number of aromatic amines is 1. The lowest BCUT2D eigenvalue weighted by atomic mass is 10.0. The van der Waals surface area contributed by atoms with Crippen LogP contribution in [0.1, 0.15) is 34.6 Å². The van der Waals surface area contributed by atoms with Crippen molar-refractivity contribution < 1.29 is 14.3 Å². The lowest BCUT2D eigenvalue weighted by molar-refractivity contribution is -0.136. The zero-order chi connectivity index (χ0) is 14.1. The van der Waals surface area contributed by atoms with Gasteiger partial charge >= 0.3 is 0 Å². The standard InChI is InChI=1S/C13H18N4O3/c1-20-7-11(18)17-5-4-10-9(6-17)12(16-15-10)13(19)14-8-2-3-8/h8H,2-7H2,1H3,(H,14,19)(H,15,16). The van der Waals surface area contributed by atoms with Crippen LogP contribution in [-0.4, -0.2) is 53.2 Å². The maximum absolute atomic E-state index is 12.1. The molecule has 108 valence electrons. The number of carbonyl (C=O) groups excluding carboxylic acids is 2. The van der Waals surface area contributed by atoms with Crippen molar-refractivity contribution in [2.75, 3.05) is 20.3 Å². The molecule has 0 radical (unpaired) electrons. The topological polar surface area (TPSA) is 87.3 Å². The van der Waals surface area contributed by atoms with Gasteiger partial charge in [0.1, 0.15) is 6.61 Å². The van der Waals surface area contributed by atoms with E-state index in [1.165, 1.54) is 7.11 Å². The summed E-state index contributed by atoms with van der Waals surface area (Å²) in [5.74, 6) is -0.209. The lowest BCUT2D eigenvalue weighted by Crippen LogP contribution is -2.38. The Hall–Kier alpha value is -1.89. The molecule has 1 aromatic heterocycles. The fraction of sp³-hybridized carbons (Fsp3) is 0.615. The van der Waals surface area contributed by atoms with Gasteiger partial charge < -0.3 is 15.0 Å². The second-order valence-electron chi connectivity index (χ2n) is 5.28. The van der Waals surface area contributed by atoms with Crippen LogP contribution in [-0.2, 0) is 22.5 Å². The molecule has 1 saturated carbocycles. The van der Waals surface area contributed by atoms with E-state index in [1.54, 1.807) is 4.90 Å². The molecule has 0 spiro atoms. The van der Waals surface area contributed by atoms with E-state index in [0.29, 0.717) is 31.2 Å². The average Bonchev–Trinajstić information content (AvgIpc) is 3.15. The van der Waals surface area contributed by atoms with Crippen molar-refractivity contribution in [3.8, 4) is 0 Å². The largest absolute Gasteiger partial charge is 0.375 e. The van der Waals surface area contributed by atoms with Crippen molar-refractivity contribution in [1.29, 1.82) is 0 Å². The Kier molecular flexibility index (Phi) is 3.43. The molecular formula is C13H18N4O3. The van der Waals surface area contributed by atoms with Gasteiger partial charge in [-0.15, -0.1) is 0 Å². The summed E-state index contributed by atoms with van der Waals surface area (Å²) in [5, 5.41) is 9.95. The smallest absolute Gasteiger partial charge is 0.272 e. The van der Waals surface area contributed by atoms with Crippen molar-refractivity contribution in [1.82, 2.24) is 20.4 Å². The second-order valence-corrected chi connectivity index (χ2v) is 5.28. The monoisotopic (exact) mass is 278 g/mol. The number of carbonyl (C=O) groups is 2. The fourth-order valence-corrected chi connectivity index (χ4v) is 2.39. The van der Waals surface area contributed by atoms with Crippen LogP contribution in [0, 0.1) is 0 Å². The van der Waals surface area contributed by atoms with Gasteiger partial charge in [-0.1, -0.05) is 0 Å². The molecule has 0 unspecified atom stereocenters. The summed E-state index contributed by atoms with van der Waals surface area (Å²) >= 11 is 0. The minimum atomic E-state index is -0.147. The number of H-pyrrole nitrogens is 1. The number of methoxy groups -OCH3 is 1. The molecule has 2 amide bonds. The van der Waals surface area contributed by atoms with Gasteiger partial charge in [-0.25, -0.2) is 0 Å². The number of ether oxygens (including phenoxy) is 1. The van der Waals surface area contributed by atoms with E-state index in [9.17, 15) is 9.59 Å². The molecule has 2 N–H and O–H groups in total. The third-order valence-corrected chi connectivity index (χ3v) is 3.68. The minimum absolute atomic E-state index is 0.0621. The van der Waals surface area contributed by atoms with Gasteiger partial charge in [-0.05, 0) is 12.8 Å². The van der Waals surface area contributed by atoms with Crippen LogP contribution in [0.5, 0.6) is 0 Å². The average molecular weight is 278 g/mol. The van der Waals surface area contributed by atoms with E-state index < -0.39 is 0 Å². The normalized spacial score (nSPS) is 17.8. The van der Waals surface area contributed by atoms with Crippen molar-refractivity contribution in [3.63, 3.8) is 0 Å². The van der Waals surface area contributed by atoms with Crippen molar-refractivity contribution in [2.24, 2.45) is 0 Å². The first kappa shape index (κ1) is 13.1. The number of rotatable bonds is 4. The summed E-state index contributed by atoms with van der Waals surface area (Å²) < 4.78 is 4.87. The molecule has 3 rings (SSSR count). The minimum Gasteiger partial charge on any atom is -0.375 e. The second kappa shape index (κ2) is 5.24. The molecule has 2 heterocycles. The zero-order valence-corrected chi connectivity index (χ0v) is 11.4. The zero-order valence-electron chi connectivity index (χ0n) is 11.4. The summed E-state index contributed by atoms with van der Waals surface area (Å²) in [6, 6.07) is 0.296. The Morgan fingerprint density at radius 1 is 1.50 bits per heavy atom. The molecule has 1 fully saturated rings. The number of amides is 2. The fourth-order valence-electron chi connectivity index (χ4n) is 2.39. The number of aromatic nitrogens is 2. The van der Waals surface area contributed by atoms with Crippen molar-refractivity contribution >= 4 is 11.8 Å². The van der Waals surface area contributed by atoms with Crippen molar-refractivity contribution in [3.05, 3.63) is 17.0 Å². The Balaban J connectivity index is 1.75. The molecule has 20 heavy (non-hydrogen) atoms. The number of hydrogen-bond donors (Lipinski definition) is 2. The highest BCUT2D eigenvalue weighted by molar-refractivity contribution is 5.94. The third-order valence-electron chi connectivity index (χ3n) is 3.68. The predicted molar refractivity (Wildman–Crippen MR) is 70.1 cm³/mol. The van der Waals surface area contributed by atoms with Gasteiger partial charge in [0.05, 0.1) is 0 Å². The van der Waals surface area contributed by atoms with E-state index in [-0.39, 0.29) is 18.4 Å². The molecule has 2 aliphatic rings. The Morgan fingerprint density at radius 2 is 2.30 bits per heavy atom. The first-order valence-electron chi connectivity index (χ1n) is 6.82. The number of nitrogens with zero attached hydrogens (tertiary/aromatic N) is 2. The number of hydrogen-bond acceptors (Lipinski definition) is 4. The Morgan fingerprint density at radius 3 is 3.00 bits per heavy atom. The quantitative estimate of drug-likeness (QED) is 0.800. The molecule has 7 nitrogen and oxygen atoms in total. The SMILES string of the molecule is COCC(=O)N1CCc2[nH]nc(C(=O)NC3CC3)c2C1. The van der Waals surface area contributed by atoms with E-state index in [1.807, 2.05) is 0 Å². The van der Waals surface area contributed by atoms with Crippen LogP contribution in [0.4, 0.5) is 0 Å². The highest BCUT2D eigenvalue weighted by Gasteiger charge is 2.30. The summed E-state index contributed by atoms with van der Waals surface area (Å²) in [6.07, 6.45) is 2.77. The summed E-state index contributed by atoms with van der Waals surface area (Å²) in [4.78, 5) is 25.7. The van der Waals surface area contributed by atoms with Gasteiger partial charge in [0.2, 0.25) is 5.91 Å². The predicted octanol–water partition coefficient (Wildman–Crippen LogP) is -0.167.